The van der Waals surface area contributed by atoms with E-state index in [0.29, 0.717) is 48.9 Å². The Hall–Kier alpha value is -3.72. The van der Waals surface area contributed by atoms with E-state index < -0.39 is 11.7 Å². The van der Waals surface area contributed by atoms with Crippen molar-refractivity contribution >= 4 is 29.0 Å². The van der Waals surface area contributed by atoms with Gasteiger partial charge in [0.2, 0.25) is 5.91 Å². The number of pyridine rings is 1. The number of aromatic nitrogens is 1. The Balaban J connectivity index is 1.44. The number of hydrogen-bond acceptors (Lipinski definition) is 6. The van der Waals surface area contributed by atoms with Crippen molar-refractivity contribution in [1.29, 1.82) is 0 Å². The minimum atomic E-state index is -0.667. The van der Waals surface area contributed by atoms with E-state index in [1.807, 2.05) is 18.2 Å². The van der Waals surface area contributed by atoms with Gasteiger partial charge in [0.1, 0.15) is 17.3 Å². The van der Waals surface area contributed by atoms with Crippen LogP contribution in [0.15, 0.2) is 59.8 Å². The quantitative estimate of drug-likeness (QED) is 0.380. The highest BCUT2D eigenvalue weighted by Crippen LogP contribution is 2.31. The third-order valence-electron chi connectivity index (χ3n) is 5.65. The first-order valence-electron chi connectivity index (χ1n) is 11.1. The van der Waals surface area contributed by atoms with Gasteiger partial charge in [-0.05, 0) is 50.6 Å². The molecule has 1 saturated heterocycles. The summed E-state index contributed by atoms with van der Waals surface area (Å²) in [5, 5.41) is 5.50. The lowest BCUT2D eigenvalue weighted by Gasteiger charge is -2.29. The highest BCUT2D eigenvalue weighted by Gasteiger charge is 2.20. The second-order valence-corrected chi connectivity index (χ2v) is 8.12. The Labute approximate surface area is 197 Å². The Morgan fingerprint density at radius 1 is 1.24 bits per heavy atom. The molecule has 2 amide bonds. The molecule has 0 aliphatic carbocycles. The average molecular weight is 467 g/mol. The molecule has 34 heavy (non-hydrogen) atoms. The molecule has 0 unspecified atom stereocenters. The molecule has 1 aromatic carbocycles. The summed E-state index contributed by atoms with van der Waals surface area (Å²) >= 11 is 0. The third kappa shape index (κ3) is 5.60. The molecule has 0 saturated carbocycles. The number of carbonyl (C=O) groups is 2. The van der Waals surface area contributed by atoms with Gasteiger partial charge in [0.25, 0.3) is 5.91 Å². The molecule has 3 heterocycles. The summed E-state index contributed by atoms with van der Waals surface area (Å²) in [5.41, 5.74) is 2.54. The summed E-state index contributed by atoms with van der Waals surface area (Å²) in [7, 11) is 0. The molecule has 178 valence electrons. The van der Waals surface area contributed by atoms with Gasteiger partial charge in [-0.15, -0.1) is 0 Å². The van der Waals surface area contributed by atoms with Crippen LogP contribution in [0.4, 0.5) is 21.6 Å². The van der Waals surface area contributed by atoms with Crippen LogP contribution in [0, 0.1) is 0 Å². The average Bonchev–Trinajstić information content (AvgIpc) is 2.84. The number of carbonyl (C=O) groups excluding carboxylic acids is 2. The van der Waals surface area contributed by atoms with E-state index in [9.17, 15) is 14.0 Å². The van der Waals surface area contributed by atoms with Gasteiger partial charge in [-0.2, -0.15) is 0 Å². The molecule has 0 bridgehead atoms. The smallest absolute Gasteiger partial charge is 0.251 e. The fraction of sp³-hybridized carbons (Fsp3) is 0.320. The van der Waals surface area contributed by atoms with Crippen LogP contribution in [0.3, 0.4) is 0 Å². The summed E-state index contributed by atoms with van der Waals surface area (Å²) in [6.45, 7) is 5.94. The number of anilines is 3. The SMILES string of the molecule is C/C(Oc1ccnc2c1CCC(=O)N2)=C(F)\C=C(/C)C(=O)Nc1cccc(N2CCOCC2)c1. The highest BCUT2D eigenvalue weighted by molar-refractivity contribution is 6.03. The van der Waals surface area contributed by atoms with E-state index in [1.165, 1.54) is 20.0 Å². The first-order chi connectivity index (χ1) is 16.4. The number of allylic oxidation sites excluding steroid dienone is 3. The Kier molecular flexibility index (Phi) is 7.22. The van der Waals surface area contributed by atoms with Crippen molar-refractivity contribution in [2.45, 2.75) is 26.7 Å². The van der Waals surface area contributed by atoms with Crippen LogP contribution >= 0.6 is 0 Å². The highest BCUT2D eigenvalue weighted by atomic mass is 19.1. The molecule has 2 aliphatic rings. The van der Waals surface area contributed by atoms with Crippen LogP contribution < -0.4 is 20.3 Å². The van der Waals surface area contributed by atoms with Gasteiger partial charge in [0, 0.05) is 48.2 Å². The third-order valence-corrected chi connectivity index (χ3v) is 5.65. The zero-order valence-electron chi connectivity index (χ0n) is 19.2. The maximum absolute atomic E-state index is 14.8. The van der Waals surface area contributed by atoms with Crippen LogP contribution in [-0.2, 0) is 20.7 Å². The van der Waals surface area contributed by atoms with Crippen molar-refractivity contribution in [3.63, 3.8) is 0 Å². The molecule has 4 rings (SSSR count). The summed E-state index contributed by atoms with van der Waals surface area (Å²) in [4.78, 5) is 30.5. The van der Waals surface area contributed by atoms with Crippen molar-refractivity contribution < 1.29 is 23.5 Å². The van der Waals surface area contributed by atoms with E-state index in [-0.39, 0.29) is 17.2 Å². The van der Waals surface area contributed by atoms with Gasteiger partial charge in [-0.1, -0.05) is 6.07 Å². The van der Waals surface area contributed by atoms with Gasteiger partial charge in [0.05, 0.1) is 13.2 Å². The van der Waals surface area contributed by atoms with Crippen molar-refractivity contribution in [3.8, 4) is 5.75 Å². The van der Waals surface area contributed by atoms with E-state index in [2.05, 4.69) is 20.5 Å². The number of hydrogen-bond donors (Lipinski definition) is 2. The standard InChI is InChI=1S/C25H27FN4O4/c1-16(25(32)28-18-4-3-5-19(15-18)30-10-12-33-13-11-30)14-21(26)17(2)34-22-8-9-27-24-20(22)6-7-23(31)29-24/h3-5,8-9,14-15H,6-7,10-13H2,1-2H3,(H,28,32)(H,27,29,31)/b16-14+,21-17-. The van der Waals surface area contributed by atoms with Crippen molar-refractivity contribution in [1.82, 2.24) is 4.98 Å². The summed E-state index contributed by atoms with van der Waals surface area (Å²) in [5.74, 6) is -0.339. The molecule has 1 fully saturated rings. The molecule has 2 aliphatic heterocycles. The maximum Gasteiger partial charge on any atom is 0.251 e. The van der Waals surface area contributed by atoms with E-state index >= 15 is 0 Å². The molecule has 0 radical (unpaired) electrons. The second-order valence-electron chi connectivity index (χ2n) is 8.12. The van der Waals surface area contributed by atoms with Crippen molar-refractivity contribution in [3.05, 3.63) is 65.3 Å². The van der Waals surface area contributed by atoms with Gasteiger partial charge in [-0.3, -0.25) is 9.59 Å². The monoisotopic (exact) mass is 466 g/mol. The first-order valence-corrected chi connectivity index (χ1v) is 11.1. The predicted molar refractivity (Wildman–Crippen MR) is 127 cm³/mol. The summed E-state index contributed by atoms with van der Waals surface area (Å²) < 4.78 is 25.9. The number of rotatable bonds is 6. The first kappa shape index (κ1) is 23.4. The van der Waals surface area contributed by atoms with Gasteiger partial charge in [0.15, 0.2) is 5.83 Å². The fourth-order valence-electron chi connectivity index (χ4n) is 3.76. The number of amides is 2. The largest absolute Gasteiger partial charge is 0.458 e. The number of halogens is 1. The molecule has 2 N–H and O–H groups in total. The Morgan fingerprint density at radius 2 is 2.03 bits per heavy atom. The summed E-state index contributed by atoms with van der Waals surface area (Å²) in [6.07, 6.45) is 3.41. The maximum atomic E-state index is 14.8. The van der Waals surface area contributed by atoms with Crippen LogP contribution in [0.25, 0.3) is 0 Å². The van der Waals surface area contributed by atoms with E-state index in [1.54, 1.807) is 12.1 Å². The molecule has 1 aromatic heterocycles. The lowest BCUT2D eigenvalue weighted by molar-refractivity contribution is -0.116. The topological polar surface area (TPSA) is 92.8 Å². The number of fused-ring (bicyclic) bond motifs is 1. The molecular weight excluding hydrogens is 439 g/mol. The van der Waals surface area contributed by atoms with Crippen LogP contribution in [0.5, 0.6) is 5.75 Å². The normalized spacial score (nSPS) is 16.9. The minimum Gasteiger partial charge on any atom is -0.458 e. The lowest BCUT2D eigenvalue weighted by atomic mass is 10.1. The number of morpholine rings is 1. The predicted octanol–water partition coefficient (Wildman–Crippen LogP) is 3.97. The van der Waals surface area contributed by atoms with Gasteiger partial charge < -0.3 is 25.0 Å². The summed E-state index contributed by atoms with van der Waals surface area (Å²) in [6, 6.07) is 9.16. The Bertz CT molecular complexity index is 1160. The number of nitrogens with one attached hydrogen (secondary N) is 2. The lowest BCUT2D eigenvalue weighted by Crippen LogP contribution is -2.36. The van der Waals surface area contributed by atoms with Crippen LogP contribution in [0.1, 0.15) is 25.8 Å². The number of benzene rings is 1. The number of ether oxygens (including phenoxy) is 2. The van der Waals surface area contributed by atoms with Gasteiger partial charge >= 0.3 is 0 Å². The molecule has 9 heteroatoms. The Morgan fingerprint density at radius 3 is 2.82 bits per heavy atom. The number of nitrogens with zero attached hydrogens (tertiary/aromatic N) is 2. The van der Waals surface area contributed by atoms with Crippen molar-refractivity contribution in [2.24, 2.45) is 0 Å². The van der Waals surface area contributed by atoms with Crippen molar-refractivity contribution in [2.75, 3.05) is 41.8 Å². The van der Waals surface area contributed by atoms with Crippen LogP contribution in [-0.4, -0.2) is 43.1 Å². The molecule has 8 nitrogen and oxygen atoms in total. The van der Waals surface area contributed by atoms with Gasteiger partial charge in [-0.25, -0.2) is 9.37 Å². The zero-order chi connectivity index (χ0) is 24.1. The molecule has 0 spiro atoms. The fourth-order valence-corrected chi connectivity index (χ4v) is 3.76. The molecular formula is C25H27FN4O4. The van der Waals surface area contributed by atoms with Crippen LogP contribution in [0.2, 0.25) is 0 Å². The zero-order valence-corrected chi connectivity index (χ0v) is 19.2. The second kappa shape index (κ2) is 10.5. The van der Waals surface area contributed by atoms with E-state index in [0.717, 1.165) is 24.9 Å². The molecule has 0 atom stereocenters. The van der Waals surface area contributed by atoms with E-state index in [4.69, 9.17) is 9.47 Å². The minimum absolute atomic E-state index is 0.00626. The molecule has 2 aromatic rings.